The number of methoxy groups -OCH3 is 1. The minimum atomic E-state index is -0.528. The molecule has 11 heteroatoms. The zero-order valence-corrected chi connectivity index (χ0v) is 20.7. The Morgan fingerprint density at radius 3 is 3.00 bits per heavy atom. The van der Waals surface area contributed by atoms with Crippen molar-refractivity contribution in [1.82, 2.24) is 5.32 Å². The Hall–Kier alpha value is -1.59. The number of oxime groups is 1. The maximum absolute atomic E-state index is 12.8. The van der Waals surface area contributed by atoms with Crippen molar-refractivity contribution in [2.75, 3.05) is 31.5 Å². The van der Waals surface area contributed by atoms with Gasteiger partial charge in [-0.1, -0.05) is 40.1 Å². The van der Waals surface area contributed by atoms with Crippen molar-refractivity contribution in [2.45, 2.75) is 45.2 Å². The van der Waals surface area contributed by atoms with E-state index in [4.69, 9.17) is 14.0 Å². The van der Waals surface area contributed by atoms with E-state index in [0.29, 0.717) is 41.0 Å². The van der Waals surface area contributed by atoms with Gasteiger partial charge in [0.2, 0.25) is 5.91 Å². The molecular formula is C20H29N3O5S3. The summed E-state index contributed by atoms with van der Waals surface area (Å²) >= 11 is 1.48. The minimum Gasteiger partial charge on any atom is -0.496 e. The lowest BCUT2D eigenvalue weighted by Crippen LogP contribution is -2.37. The Labute approximate surface area is 194 Å². The van der Waals surface area contributed by atoms with Crippen LogP contribution in [0.15, 0.2) is 31.5 Å². The Morgan fingerprint density at radius 1 is 1.48 bits per heavy atom. The number of hydrogen-bond donors (Lipinski definition) is 1. The summed E-state index contributed by atoms with van der Waals surface area (Å²) in [6, 6.07) is 1.94. The maximum Gasteiger partial charge on any atom is 0.339 e. The first-order valence-corrected chi connectivity index (χ1v) is 13.7. The average Bonchev–Trinajstić information content (AvgIpc) is 3.26. The van der Waals surface area contributed by atoms with Crippen molar-refractivity contribution >= 4 is 50.0 Å². The van der Waals surface area contributed by atoms with Gasteiger partial charge in [0.15, 0.2) is 0 Å². The molecule has 1 aromatic heterocycles. The summed E-state index contributed by atoms with van der Waals surface area (Å²) in [5.41, 5.74) is 0.155. The number of rotatable bonds is 13. The summed E-state index contributed by atoms with van der Waals surface area (Å²) in [6.45, 7) is 4.38. The molecule has 2 unspecified atom stereocenters. The van der Waals surface area contributed by atoms with Gasteiger partial charge in [0.25, 0.3) is 0 Å². The third kappa shape index (κ3) is 8.46. The van der Waals surface area contributed by atoms with Gasteiger partial charge >= 0.3 is 5.63 Å². The average molecular weight is 488 g/mol. The highest BCUT2D eigenvalue weighted by molar-refractivity contribution is 8.76. The number of ether oxygens (including phenoxy) is 1. The van der Waals surface area contributed by atoms with E-state index in [1.165, 1.54) is 24.9 Å². The van der Waals surface area contributed by atoms with Gasteiger partial charge < -0.3 is 19.3 Å². The standard InChI is InChI=1S/C20H29N3O5S3/c1-5-7-15(17-10-14(26-3)11-18(24)28-17)21-19(25)16-12-30-20(22-16)13(2)23-27-8-6-9-31-29-4/h10-11,15-16H,5-9,12H2,1-4H3,(H,21,25)/b23-13+. The van der Waals surface area contributed by atoms with E-state index in [0.717, 1.165) is 18.6 Å². The quantitative estimate of drug-likeness (QED) is 0.193. The van der Waals surface area contributed by atoms with Gasteiger partial charge in [-0.25, -0.2) is 4.79 Å². The second kappa shape index (κ2) is 13.7. The van der Waals surface area contributed by atoms with Crippen molar-refractivity contribution in [3.63, 3.8) is 0 Å². The largest absolute Gasteiger partial charge is 0.496 e. The van der Waals surface area contributed by atoms with Gasteiger partial charge in [0, 0.05) is 17.6 Å². The summed E-state index contributed by atoms with van der Waals surface area (Å²) < 4.78 is 10.5. The zero-order chi connectivity index (χ0) is 22.6. The first-order chi connectivity index (χ1) is 15.0. The van der Waals surface area contributed by atoms with E-state index in [-0.39, 0.29) is 5.91 Å². The minimum absolute atomic E-state index is 0.214. The van der Waals surface area contributed by atoms with E-state index in [1.807, 2.05) is 20.1 Å². The van der Waals surface area contributed by atoms with Crippen molar-refractivity contribution < 1.29 is 18.8 Å². The summed E-state index contributed by atoms with van der Waals surface area (Å²) in [7, 11) is 5.01. The lowest BCUT2D eigenvalue weighted by atomic mass is 10.1. The molecule has 8 nitrogen and oxygen atoms in total. The molecule has 1 aliphatic rings. The van der Waals surface area contributed by atoms with Crippen LogP contribution < -0.4 is 15.7 Å². The topological polar surface area (TPSA) is 102 Å². The number of aliphatic imine (C=N–C) groups is 1. The van der Waals surface area contributed by atoms with Crippen LogP contribution in [0.3, 0.4) is 0 Å². The summed E-state index contributed by atoms with van der Waals surface area (Å²) in [4.78, 5) is 34.5. The van der Waals surface area contributed by atoms with Crippen LogP contribution in [0.25, 0.3) is 0 Å². The number of amides is 1. The SMILES string of the molecule is CCCC(NC(=O)C1CSC(/C(C)=N/OCCCSSC)=N1)c1cc(OC)cc(=O)o1. The summed E-state index contributed by atoms with van der Waals surface area (Å²) in [6.07, 6.45) is 4.40. The molecule has 0 bridgehead atoms. The number of nitrogens with one attached hydrogen (secondary N) is 1. The third-order valence-corrected chi connectivity index (χ3v) is 7.34. The van der Waals surface area contributed by atoms with Crippen LogP contribution in [-0.4, -0.2) is 54.2 Å². The fourth-order valence-electron chi connectivity index (χ4n) is 2.76. The molecule has 2 rings (SSSR count). The van der Waals surface area contributed by atoms with Gasteiger partial charge in [-0.05, 0) is 26.0 Å². The number of hydrogen-bond acceptors (Lipinski definition) is 10. The number of nitrogens with zero attached hydrogens (tertiary/aromatic N) is 2. The van der Waals surface area contributed by atoms with E-state index in [1.54, 1.807) is 27.7 Å². The first-order valence-electron chi connectivity index (χ1n) is 10.0. The molecule has 0 spiro atoms. The fraction of sp³-hybridized carbons (Fsp3) is 0.600. The van der Waals surface area contributed by atoms with Crippen molar-refractivity contribution in [3.8, 4) is 5.75 Å². The lowest BCUT2D eigenvalue weighted by molar-refractivity contribution is -0.122. The van der Waals surface area contributed by atoms with E-state index in [2.05, 4.69) is 15.5 Å². The maximum atomic E-state index is 12.8. The predicted molar refractivity (Wildman–Crippen MR) is 131 cm³/mol. The molecule has 1 amide bonds. The molecule has 0 fully saturated rings. The molecule has 2 atom stereocenters. The summed E-state index contributed by atoms with van der Waals surface area (Å²) in [5.74, 6) is 2.10. The van der Waals surface area contributed by atoms with Gasteiger partial charge in [-0.15, -0.1) is 11.8 Å². The Kier molecular flexibility index (Phi) is 11.4. The molecule has 0 aliphatic carbocycles. The normalized spacial score (nSPS) is 17.2. The molecule has 1 aliphatic heterocycles. The molecular weight excluding hydrogens is 458 g/mol. The number of carbonyl (C=O) groups excluding carboxylic acids is 1. The molecule has 31 heavy (non-hydrogen) atoms. The molecule has 0 aromatic carbocycles. The molecule has 0 saturated heterocycles. The first kappa shape index (κ1) is 25.7. The van der Waals surface area contributed by atoms with Crippen LogP contribution in [-0.2, 0) is 9.63 Å². The zero-order valence-electron chi connectivity index (χ0n) is 18.2. The van der Waals surface area contributed by atoms with Crippen LogP contribution in [0.5, 0.6) is 5.75 Å². The Morgan fingerprint density at radius 2 is 2.29 bits per heavy atom. The highest BCUT2D eigenvalue weighted by atomic mass is 33.1. The second-order valence-electron chi connectivity index (χ2n) is 6.68. The lowest BCUT2D eigenvalue weighted by Gasteiger charge is -2.18. The van der Waals surface area contributed by atoms with E-state index in [9.17, 15) is 9.59 Å². The van der Waals surface area contributed by atoms with Gasteiger partial charge in [-0.3, -0.25) is 9.79 Å². The highest BCUT2D eigenvalue weighted by Crippen LogP contribution is 2.24. The van der Waals surface area contributed by atoms with Crippen LogP contribution in [0.1, 0.15) is 44.9 Å². The van der Waals surface area contributed by atoms with Crippen LogP contribution in [0.2, 0.25) is 0 Å². The summed E-state index contributed by atoms with van der Waals surface area (Å²) in [5, 5.41) is 7.79. The Bertz CT molecular complexity index is 844. The molecule has 0 radical (unpaired) electrons. The van der Waals surface area contributed by atoms with Gasteiger partial charge in [0.05, 0.1) is 19.2 Å². The van der Waals surface area contributed by atoms with Crippen LogP contribution >= 0.6 is 33.3 Å². The van der Waals surface area contributed by atoms with E-state index >= 15 is 0 Å². The number of carbonyl (C=O) groups is 1. The van der Waals surface area contributed by atoms with E-state index < -0.39 is 17.7 Å². The van der Waals surface area contributed by atoms with Crippen LogP contribution in [0, 0.1) is 0 Å². The number of thioether (sulfide) groups is 1. The third-order valence-electron chi connectivity index (χ3n) is 4.28. The molecule has 1 N–H and O–H groups in total. The molecule has 0 saturated carbocycles. The molecule has 2 heterocycles. The Balaban J connectivity index is 1.98. The highest BCUT2D eigenvalue weighted by Gasteiger charge is 2.29. The van der Waals surface area contributed by atoms with Crippen LogP contribution in [0.4, 0.5) is 0 Å². The second-order valence-corrected chi connectivity index (χ2v) is 10.4. The predicted octanol–water partition coefficient (Wildman–Crippen LogP) is 3.91. The van der Waals surface area contributed by atoms with Gasteiger partial charge in [-0.2, -0.15) is 0 Å². The van der Waals surface area contributed by atoms with Crippen molar-refractivity contribution in [1.29, 1.82) is 0 Å². The van der Waals surface area contributed by atoms with Crippen molar-refractivity contribution in [3.05, 3.63) is 28.3 Å². The fourth-order valence-corrected chi connectivity index (χ4v) is 5.00. The van der Waals surface area contributed by atoms with Crippen molar-refractivity contribution in [2.24, 2.45) is 10.1 Å². The molecule has 1 aromatic rings. The monoisotopic (exact) mass is 487 g/mol. The van der Waals surface area contributed by atoms with Gasteiger partial charge in [0.1, 0.15) is 34.9 Å². The smallest absolute Gasteiger partial charge is 0.339 e. The molecule has 172 valence electrons.